The van der Waals surface area contributed by atoms with E-state index in [1.165, 1.54) is 28.0 Å². The van der Waals surface area contributed by atoms with Crippen LogP contribution in [0.5, 0.6) is 40.2 Å². The van der Waals surface area contributed by atoms with Gasteiger partial charge in [-0.1, -0.05) is 61.4 Å². The summed E-state index contributed by atoms with van der Waals surface area (Å²) >= 11 is 0. The van der Waals surface area contributed by atoms with Crippen molar-refractivity contribution in [1.29, 1.82) is 0 Å². The number of hydrogen-bond donors (Lipinski definition) is 0. The Balaban J connectivity index is 0.942. The monoisotopic (exact) mass is 728 g/mol. The molecule has 0 fully saturated rings. The third-order valence-corrected chi connectivity index (χ3v) is 13.6. The number of benzene rings is 5. The molecule has 2 aliphatic carbocycles. The molecule has 9 aliphatic rings. The highest BCUT2D eigenvalue weighted by Gasteiger charge is 2.60. The number of para-hydroxylation sites is 2. The highest BCUT2D eigenvalue weighted by atomic mass is 16.5. The lowest BCUT2D eigenvalue weighted by atomic mass is 9.34. The summed E-state index contributed by atoms with van der Waals surface area (Å²) in [5.74, 6) is 13.9. The van der Waals surface area contributed by atoms with E-state index in [2.05, 4.69) is 127 Å². The van der Waals surface area contributed by atoms with E-state index in [9.17, 15) is 0 Å². The molecule has 5 atom stereocenters. The van der Waals surface area contributed by atoms with Crippen molar-refractivity contribution in [2.24, 2.45) is 11.8 Å². The van der Waals surface area contributed by atoms with Gasteiger partial charge in [-0.05, 0) is 90.8 Å². The van der Waals surface area contributed by atoms with Gasteiger partial charge in [0.25, 0.3) is 6.71 Å². The minimum Gasteiger partial charge on any atom is -0.469 e. The van der Waals surface area contributed by atoms with E-state index >= 15 is 0 Å². The first kappa shape index (κ1) is 29.8. The van der Waals surface area contributed by atoms with E-state index in [4.69, 9.17) is 23.7 Å². The molecular formula is C48H33BN2O5. The zero-order chi connectivity index (χ0) is 36.6. The fraction of sp³-hybridized carbons (Fsp3) is 0.208. The van der Waals surface area contributed by atoms with Crippen LogP contribution in [0.15, 0.2) is 126 Å². The Morgan fingerprint density at radius 1 is 0.750 bits per heavy atom. The minimum atomic E-state index is -0.673. The van der Waals surface area contributed by atoms with Crippen molar-refractivity contribution in [3.8, 4) is 52.1 Å². The maximum Gasteiger partial charge on any atom is 0.270 e. The Morgan fingerprint density at radius 2 is 1.50 bits per heavy atom. The summed E-state index contributed by atoms with van der Waals surface area (Å²) in [5, 5.41) is 0. The average molecular weight is 729 g/mol. The molecule has 0 saturated carbocycles. The van der Waals surface area contributed by atoms with Gasteiger partial charge >= 0.3 is 0 Å². The summed E-state index contributed by atoms with van der Waals surface area (Å²) in [7, 11) is 0. The van der Waals surface area contributed by atoms with Gasteiger partial charge in [0, 0.05) is 51.9 Å². The zero-order valence-corrected chi connectivity index (χ0v) is 30.8. The van der Waals surface area contributed by atoms with Crippen LogP contribution >= 0.6 is 0 Å². The Hall–Kier alpha value is -6.46. The second-order valence-electron chi connectivity index (χ2n) is 16.6. The van der Waals surface area contributed by atoms with E-state index in [0.717, 1.165) is 98.7 Å². The number of hydrogen-bond acceptors (Lipinski definition) is 7. The Morgan fingerprint density at radius 3 is 2.38 bits per heavy atom. The van der Waals surface area contributed by atoms with Gasteiger partial charge in [-0.15, -0.1) is 0 Å². The number of allylic oxidation sites excluding steroid dienone is 3. The van der Waals surface area contributed by atoms with Gasteiger partial charge in [0.1, 0.15) is 40.2 Å². The second kappa shape index (κ2) is 10.0. The Kier molecular flexibility index (Phi) is 5.35. The third-order valence-electron chi connectivity index (χ3n) is 13.6. The maximum atomic E-state index is 7.06. The molecule has 5 aromatic carbocycles. The molecule has 56 heavy (non-hydrogen) atoms. The molecule has 14 rings (SSSR count). The molecule has 268 valence electrons. The predicted molar refractivity (Wildman–Crippen MR) is 215 cm³/mol. The molecule has 5 aromatic rings. The van der Waals surface area contributed by atoms with Gasteiger partial charge in [-0.25, -0.2) is 0 Å². The van der Waals surface area contributed by atoms with E-state index in [1.807, 2.05) is 12.1 Å². The van der Waals surface area contributed by atoms with Gasteiger partial charge < -0.3 is 28.6 Å². The van der Waals surface area contributed by atoms with Crippen LogP contribution in [0.3, 0.4) is 0 Å². The van der Waals surface area contributed by atoms with Crippen molar-refractivity contribution in [2.45, 2.75) is 51.0 Å². The second-order valence-corrected chi connectivity index (χ2v) is 16.6. The minimum absolute atomic E-state index is 0.0960. The Bertz CT molecular complexity index is 2860. The lowest BCUT2D eigenvalue weighted by Crippen LogP contribution is -2.60. The first-order valence-electron chi connectivity index (χ1n) is 19.8. The van der Waals surface area contributed by atoms with E-state index in [1.54, 1.807) is 0 Å². The summed E-state index contributed by atoms with van der Waals surface area (Å²) in [5.41, 5.74) is 11.9. The molecule has 0 radical (unpaired) electrons. The molecular weight excluding hydrogens is 695 g/mol. The molecule has 7 heterocycles. The number of anilines is 3. The summed E-state index contributed by atoms with van der Waals surface area (Å²) in [6.45, 7) is 4.40. The molecule has 7 nitrogen and oxygen atoms in total. The van der Waals surface area contributed by atoms with Crippen molar-refractivity contribution in [3.05, 3.63) is 137 Å². The fourth-order valence-electron chi connectivity index (χ4n) is 11.4. The predicted octanol–water partition coefficient (Wildman–Crippen LogP) is 8.61. The van der Waals surface area contributed by atoms with Gasteiger partial charge in [-0.2, -0.15) is 0 Å². The van der Waals surface area contributed by atoms with E-state index in [-0.39, 0.29) is 24.8 Å². The fourth-order valence-corrected chi connectivity index (χ4v) is 11.4. The Labute approximate surface area is 324 Å². The van der Waals surface area contributed by atoms with Crippen molar-refractivity contribution in [1.82, 2.24) is 0 Å². The highest BCUT2D eigenvalue weighted by Crippen LogP contribution is 2.61. The van der Waals surface area contributed by atoms with Crippen LogP contribution in [-0.4, -0.2) is 18.7 Å². The van der Waals surface area contributed by atoms with E-state index in [0.29, 0.717) is 5.92 Å². The van der Waals surface area contributed by atoms with Crippen LogP contribution in [-0.2, 0) is 4.74 Å². The molecule has 0 spiro atoms. The topological polar surface area (TPSA) is 52.6 Å². The lowest BCUT2D eigenvalue weighted by molar-refractivity contribution is 0.0384. The van der Waals surface area contributed by atoms with Crippen LogP contribution < -0.4 is 45.1 Å². The SMILES string of the molecule is CC1C=CC2=C(C1)C1C3=C(C#CCC3)OC1(C)N2c1ccc2c3c1Oc1cccc4c1B3c1c(cc(N3c5ccccc5C5c6ccccc6OC53)cc1O2)O4. The summed E-state index contributed by atoms with van der Waals surface area (Å²) in [6, 6.07) is 31.8. The average Bonchev–Trinajstić information content (AvgIpc) is 3.91. The lowest BCUT2D eigenvalue weighted by Gasteiger charge is -2.42. The van der Waals surface area contributed by atoms with Crippen LogP contribution in [0.4, 0.5) is 17.1 Å². The molecule has 0 N–H and O–H groups in total. The van der Waals surface area contributed by atoms with Crippen LogP contribution in [0, 0.1) is 23.7 Å². The van der Waals surface area contributed by atoms with Gasteiger partial charge in [0.05, 0.1) is 23.2 Å². The van der Waals surface area contributed by atoms with E-state index < -0.39 is 5.72 Å². The quantitative estimate of drug-likeness (QED) is 0.131. The summed E-state index contributed by atoms with van der Waals surface area (Å²) in [4.78, 5) is 4.72. The van der Waals surface area contributed by atoms with Gasteiger partial charge in [0.2, 0.25) is 0 Å². The smallest absolute Gasteiger partial charge is 0.270 e. The summed E-state index contributed by atoms with van der Waals surface area (Å²) < 4.78 is 34.6. The largest absolute Gasteiger partial charge is 0.469 e. The standard InChI is InChI=1S/C48H33BN2O5/c1-25-18-19-32-30(22-25)42-29-12-5-8-15-35(29)56-48(42,2)51(32)33-20-21-38-45-46(33)54-37-17-9-16-36-43(37)49(45)44-39(52-36)23-26(24-40(44)53-38)50-31-13-6-3-10-27(31)41-28-11-4-7-14-34(28)55-47(41)50/h3-4,6-7,9-11,13-14,16-21,23-25,41-42,47H,5,12,22H2,1-2H3. The number of rotatable bonds is 2. The number of fused-ring (bicyclic) bond motifs is 8. The zero-order valence-electron chi connectivity index (χ0n) is 30.8. The molecule has 0 amide bonds. The maximum absolute atomic E-state index is 7.06. The first-order chi connectivity index (χ1) is 27.5. The van der Waals surface area contributed by atoms with Gasteiger partial charge in [-0.3, -0.25) is 4.90 Å². The first-order valence-corrected chi connectivity index (χ1v) is 19.8. The number of nitrogens with zero attached hydrogens (tertiary/aromatic N) is 2. The molecule has 5 unspecified atom stereocenters. The van der Waals surface area contributed by atoms with Crippen LogP contribution in [0.1, 0.15) is 50.2 Å². The summed E-state index contributed by atoms with van der Waals surface area (Å²) in [6.07, 6.45) is 7.21. The van der Waals surface area contributed by atoms with Crippen molar-refractivity contribution in [3.63, 3.8) is 0 Å². The highest BCUT2D eigenvalue weighted by molar-refractivity contribution is 6.99. The van der Waals surface area contributed by atoms with Crippen molar-refractivity contribution < 1.29 is 23.7 Å². The molecule has 0 aromatic heterocycles. The van der Waals surface area contributed by atoms with Gasteiger partial charge in [0.15, 0.2) is 17.7 Å². The third kappa shape index (κ3) is 3.50. The van der Waals surface area contributed by atoms with Crippen LogP contribution in [0.25, 0.3) is 0 Å². The molecule has 0 saturated heterocycles. The molecule has 8 heteroatoms. The normalized spacial score (nSPS) is 26.3. The molecule has 0 bridgehead atoms. The molecule has 7 aliphatic heterocycles. The van der Waals surface area contributed by atoms with Crippen molar-refractivity contribution in [2.75, 3.05) is 9.80 Å². The van der Waals surface area contributed by atoms with Crippen LogP contribution in [0.2, 0.25) is 0 Å². The van der Waals surface area contributed by atoms with Crippen molar-refractivity contribution >= 4 is 40.2 Å². The number of ether oxygens (including phenoxy) is 5.